The van der Waals surface area contributed by atoms with Crippen molar-refractivity contribution in [2.45, 2.75) is 13.2 Å². The Hall–Kier alpha value is -2.25. The molecule has 3 aromatic rings. The van der Waals surface area contributed by atoms with Gasteiger partial charge in [0.25, 0.3) is 11.1 Å². The van der Waals surface area contributed by atoms with Crippen molar-refractivity contribution in [2.24, 2.45) is 0 Å². The van der Waals surface area contributed by atoms with Crippen LogP contribution in [0.15, 0.2) is 76.1 Å². The monoisotopic (exact) mass is 547 g/mol. The van der Waals surface area contributed by atoms with Crippen molar-refractivity contribution in [3.05, 3.63) is 103 Å². The number of imide groups is 1. The Morgan fingerprint density at radius 1 is 1.00 bits per heavy atom. The van der Waals surface area contributed by atoms with E-state index < -0.39 is 0 Å². The van der Waals surface area contributed by atoms with E-state index in [1.165, 1.54) is 4.90 Å². The third kappa shape index (κ3) is 5.38. The first-order valence-corrected chi connectivity index (χ1v) is 11.9. The number of amides is 2. The number of nitrogens with zero attached hydrogens (tertiary/aromatic N) is 1. The summed E-state index contributed by atoms with van der Waals surface area (Å²) in [6, 6.07) is 20.4. The number of carbonyl (C=O) groups is 2. The van der Waals surface area contributed by atoms with Crippen LogP contribution in [-0.4, -0.2) is 16.0 Å². The molecule has 1 saturated heterocycles. The molecule has 0 N–H and O–H groups in total. The van der Waals surface area contributed by atoms with Crippen molar-refractivity contribution in [2.75, 3.05) is 0 Å². The van der Waals surface area contributed by atoms with Crippen molar-refractivity contribution >= 4 is 68.1 Å². The zero-order valence-electron chi connectivity index (χ0n) is 16.6. The van der Waals surface area contributed by atoms with Crippen LogP contribution in [0, 0.1) is 0 Å². The van der Waals surface area contributed by atoms with Crippen LogP contribution < -0.4 is 4.74 Å². The standard InChI is InChI=1S/C24H16BrCl2NO3S/c25-19-10-16(6-9-21(19)31-14-15-4-2-1-3-5-15)11-22-23(29)28(24(30)32-22)13-17-7-8-18(26)12-20(17)27/h1-12H,13-14H2/b22-11+. The predicted octanol–water partition coefficient (Wildman–Crippen LogP) is 7.57. The quantitative estimate of drug-likeness (QED) is 0.298. The second kappa shape index (κ2) is 10.1. The van der Waals surface area contributed by atoms with Gasteiger partial charge in [0.15, 0.2) is 0 Å². The first-order valence-electron chi connectivity index (χ1n) is 9.56. The van der Waals surface area contributed by atoms with E-state index in [1.807, 2.05) is 48.5 Å². The summed E-state index contributed by atoms with van der Waals surface area (Å²) < 4.78 is 6.62. The number of hydrogen-bond acceptors (Lipinski definition) is 4. The lowest BCUT2D eigenvalue weighted by Gasteiger charge is -2.13. The van der Waals surface area contributed by atoms with E-state index in [9.17, 15) is 9.59 Å². The predicted molar refractivity (Wildman–Crippen MR) is 133 cm³/mol. The van der Waals surface area contributed by atoms with Gasteiger partial charge < -0.3 is 4.74 Å². The smallest absolute Gasteiger partial charge is 0.293 e. The van der Waals surface area contributed by atoms with Gasteiger partial charge >= 0.3 is 0 Å². The summed E-state index contributed by atoms with van der Waals surface area (Å²) in [5.41, 5.74) is 2.50. The lowest BCUT2D eigenvalue weighted by atomic mass is 10.2. The van der Waals surface area contributed by atoms with Crippen molar-refractivity contribution in [1.29, 1.82) is 0 Å². The summed E-state index contributed by atoms with van der Waals surface area (Å²) in [4.78, 5) is 26.8. The zero-order chi connectivity index (χ0) is 22.7. The summed E-state index contributed by atoms with van der Waals surface area (Å²) in [5.74, 6) is 0.336. The number of benzene rings is 3. The minimum Gasteiger partial charge on any atom is -0.488 e. The molecule has 32 heavy (non-hydrogen) atoms. The summed E-state index contributed by atoms with van der Waals surface area (Å²) in [7, 11) is 0. The number of thioether (sulfide) groups is 1. The fourth-order valence-corrected chi connectivity index (χ4v) is 4.88. The van der Waals surface area contributed by atoms with Gasteiger partial charge in [-0.25, -0.2) is 0 Å². The number of carbonyl (C=O) groups excluding carboxylic acids is 2. The molecule has 4 nitrogen and oxygen atoms in total. The largest absolute Gasteiger partial charge is 0.488 e. The fraction of sp³-hybridized carbons (Fsp3) is 0.0833. The third-order valence-electron chi connectivity index (χ3n) is 4.71. The summed E-state index contributed by atoms with van der Waals surface area (Å²) in [6.45, 7) is 0.541. The maximum Gasteiger partial charge on any atom is 0.293 e. The van der Waals surface area contributed by atoms with E-state index in [0.29, 0.717) is 32.9 Å². The highest BCUT2D eigenvalue weighted by Crippen LogP contribution is 2.35. The minimum atomic E-state index is -0.355. The SMILES string of the molecule is O=C1S/C(=C/c2ccc(OCc3ccccc3)c(Br)c2)C(=O)N1Cc1ccc(Cl)cc1Cl. The van der Waals surface area contributed by atoms with Gasteiger partial charge in [-0.15, -0.1) is 0 Å². The Morgan fingerprint density at radius 3 is 2.50 bits per heavy atom. The first-order chi connectivity index (χ1) is 15.4. The molecule has 0 unspecified atom stereocenters. The Balaban J connectivity index is 1.47. The van der Waals surface area contributed by atoms with Gasteiger partial charge in [0, 0.05) is 10.0 Å². The molecule has 0 spiro atoms. The molecule has 0 radical (unpaired) electrons. The molecular weight excluding hydrogens is 533 g/mol. The summed E-state index contributed by atoms with van der Waals surface area (Å²) in [5, 5.41) is 0.569. The average molecular weight is 549 g/mol. The highest BCUT2D eigenvalue weighted by Gasteiger charge is 2.35. The third-order valence-corrected chi connectivity index (χ3v) is 6.82. The van der Waals surface area contributed by atoms with E-state index >= 15 is 0 Å². The number of hydrogen-bond donors (Lipinski definition) is 0. The van der Waals surface area contributed by atoms with Gasteiger partial charge in [-0.05, 0) is 74.7 Å². The lowest BCUT2D eigenvalue weighted by molar-refractivity contribution is -0.123. The van der Waals surface area contributed by atoms with Crippen molar-refractivity contribution in [1.82, 2.24) is 4.90 Å². The highest BCUT2D eigenvalue weighted by molar-refractivity contribution is 9.10. The molecule has 0 bridgehead atoms. The lowest BCUT2D eigenvalue weighted by Crippen LogP contribution is -2.27. The Morgan fingerprint density at radius 2 is 1.78 bits per heavy atom. The molecular formula is C24H16BrCl2NO3S. The van der Waals surface area contributed by atoms with Gasteiger partial charge in [0.05, 0.1) is 15.9 Å². The fourth-order valence-electron chi connectivity index (χ4n) is 3.07. The Bertz CT molecular complexity index is 1220. The van der Waals surface area contributed by atoms with E-state index in [2.05, 4.69) is 15.9 Å². The molecule has 162 valence electrons. The van der Waals surface area contributed by atoms with Gasteiger partial charge in [-0.3, -0.25) is 14.5 Å². The molecule has 1 aliphatic rings. The maximum absolute atomic E-state index is 12.8. The molecule has 1 heterocycles. The molecule has 1 fully saturated rings. The minimum absolute atomic E-state index is 0.0912. The van der Waals surface area contributed by atoms with Crippen LogP contribution >= 0.6 is 50.9 Å². The van der Waals surface area contributed by atoms with Crippen LogP contribution in [0.4, 0.5) is 4.79 Å². The van der Waals surface area contributed by atoms with Crippen LogP contribution in [-0.2, 0) is 17.9 Å². The van der Waals surface area contributed by atoms with E-state index in [-0.39, 0.29) is 17.7 Å². The average Bonchev–Trinajstić information content (AvgIpc) is 3.03. The van der Waals surface area contributed by atoms with Gasteiger partial charge in [-0.1, -0.05) is 65.7 Å². The number of rotatable bonds is 6. The molecule has 3 aromatic carbocycles. The Labute approximate surface area is 208 Å². The van der Waals surface area contributed by atoms with Gasteiger partial charge in [0.1, 0.15) is 12.4 Å². The molecule has 0 atom stereocenters. The van der Waals surface area contributed by atoms with Crippen LogP contribution in [0.1, 0.15) is 16.7 Å². The molecule has 8 heteroatoms. The van der Waals surface area contributed by atoms with Crippen molar-refractivity contribution in [3.63, 3.8) is 0 Å². The summed E-state index contributed by atoms with van der Waals surface area (Å²) >= 11 is 16.5. The van der Waals surface area contributed by atoms with Gasteiger partial charge in [0.2, 0.25) is 0 Å². The zero-order valence-corrected chi connectivity index (χ0v) is 20.5. The highest BCUT2D eigenvalue weighted by atomic mass is 79.9. The van der Waals surface area contributed by atoms with E-state index in [0.717, 1.165) is 27.4 Å². The van der Waals surface area contributed by atoms with Crippen LogP contribution in [0.25, 0.3) is 6.08 Å². The van der Waals surface area contributed by atoms with Crippen LogP contribution in [0.2, 0.25) is 10.0 Å². The van der Waals surface area contributed by atoms with E-state index in [4.69, 9.17) is 27.9 Å². The molecule has 0 saturated carbocycles. The van der Waals surface area contributed by atoms with Crippen molar-refractivity contribution < 1.29 is 14.3 Å². The van der Waals surface area contributed by atoms with Crippen molar-refractivity contribution in [3.8, 4) is 5.75 Å². The summed E-state index contributed by atoms with van der Waals surface area (Å²) in [6.07, 6.45) is 1.69. The normalized spacial score (nSPS) is 15.0. The van der Waals surface area contributed by atoms with E-state index in [1.54, 1.807) is 24.3 Å². The molecule has 0 aliphatic carbocycles. The first kappa shape index (κ1) is 22.9. The van der Waals surface area contributed by atoms with Gasteiger partial charge in [-0.2, -0.15) is 0 Å². The molecule has 2 amide bonds. The number of ether oxygens (including phenoxy) is 1. The van der Waals surface area contributed by atoms with Crippen LogP contribution in [0.3, 0.4) is 0 Å². The Kier molecular flexibility index (Phi) is 7.26. The second-order valence-electron chi connectivity index (χ2n) is 6.97. The molecule has 1 aliphatic heterocycles. The maximum atomic E-state index is 12.8. The molecule has 4 rings (SSSR count). The molecule has 0 aromatic heterocycles. The topological polar surface area (TPSA) is 46.6 Å². The van der Waals surface area contributed by atoms with Crippen LogP contribution in [0.5, 0.6) is 5.75 Å². The second-order valence-corrected chi connectivity index (χ2v) is 9.66. The number of halogens is 3.